The van der Waals surface area contributed by atoms with Crippen LogP contribution in [0.5, 0.6) is 11.6 Å². The number of para-hydroxylation sites is 1. The van der Waals surface area contributed by atoms with Crippen molar-refractivity contribution in [3.05, 3.63) is 44.5 Å². The number of nitro groups is 1. The summed E-state index contributed by atoms with van der Waals surface area (Å²) >= 11 is 3.22. The van der Waals surface area contributed by atoms with E-state index in [1.165, 1.54) is 12.3 Å². The van der Waals surface area contributed by atoms with Crippen LogP contribution in [-0.4, -0.2) is 14.9 Å². The smallest absolute Gasteiger partial charge is 0.312 e. The molecule has 20 heavy (non-hydrogen) atoms. The van der Waals surface area contributed by atoms with Crippen LogP contribution in [0, 0.1) is 17.0 Å². The number of nitrogens with one attached hydrogen (secondary N) is 1. The predicted octanol–water partition coefficient (Wildman–Crippen LogP) is 2.53. The number of aromatic nitrogens is 2. The zero-order valence-electron chi connectivity index (χ0n) is 10.3. The third kappa shape index (κ3) is 2.83. The second-order valence-electron chi connectivity index (χ2n) is 3.77. The summed E-state index contributed by atoms with van der Waals surface area (Å²) in [4.78, 5) is 18.4. The Morgan fingerprint density at radius 1 is 1.50 bits per heavy atom. The molecule has 2 aromatic rings. The average molecular weight is 340 g/mol. The maximum Gasteiger partial charge on any atom is 0.312 e. The molecule has 0 radical (unpaired) electrons. The Morgan fingerprint density at radius 3 is 2.90 bits per heavy atom. The number of hydrogen-bond acceptors (Lipinski definition) is 7. The zero-order valence-corrected chi connectivity index (χ0v) is 11.9. The number of ether oxygens (including phenoxy) is 1. The van der Waals surface area contributed by atoms with Gasteiger partial charge >= 0.3 is 5.69 Å². The summed E-state index contributed by atoms with van der Waals surface area (Å²) in [5, 5.41) is 11.0. The minimum absolute atomic E-state index is 0.0715. The summed E-state index contributed by atoms with van der Waals surface area (Å²) in [5.74, 6) is 5.63. The number of nitro benzene ring substituents is 1. The highest BCUT2D eigenvalue weighted by Gasteiger charge is 2.20. The molecule has 0 spiro atoms. The van der Waals surface area contributed by atoms with E-state index in [2.05, 4.69) is 31.3 Å². The molecule has 1 heterocycles. The second-order valence-corrected chi connectivity index (χ2v) is 4.63. The number of halogens is 1. The van der Waals surface area contributed by atoms with Gasteiger partial charge < -0.3 is 4.74 Å². The SMILES string of the molecule is Cc1cnc(NN)nc1Oc1c(Br)cccc1[N+](=O)[O-]. The van der Waals surface area contributed by atoms with E-state index in [0.717, 1.165) is 0 Å². The van der Waals surface area contributed by atoms with Crippen LogP contribution in [0.1, 0.15) is 5.56 Å². The zero-order chi connectivity index (χ0) is 14.7. The van der Waals surface area contributed by atoms with Gasteiger partial charge in [-0.2, -0.15) is 4.98 Å². The topological polar surface area (TPSA) is 116 Å². The molecular weight excluding hydrogens is 330 g/mol. The van der Waals surface area contributed by atoms with Gasteiger partial charge in [0.25, 0.3) is 0 Å². The lowest BCUT2D eigenvalue weighted by molar-refractivity contribution is -0.385. The van der Waals surface area contributed by atoms with E-state index in [1.807, 2.05) is 0 Å². The summed E-state index contributed by atoms with van der Waals surface area (Å²) in [6.45, 7) is 1.72. The van der Waals surface area contributed by atoms with Gasteiger partial charge in [-0.05, 0) is 28.9 Å². The predicted molar refractivity (Wildman–Crippen MR) is 75.4 cm³/mol. The number of nitrogens with zero attached hydrogens (tertiary/aromatic N) is 3. The van der Waals surface area contributed by atoms with Crippen molar-refractivity contribution in [2.45, 2.75) is 6.92 Å². The summed E-state index contributed by atoms with van der Waals surface area (Å²) in [7, 11) is 0. The molecule has 0 aliphatic carbocycles. The van der Waals surface area contributed by atoms with Gasteiger partial charge in [-0.1, -0.05) is 6.07 Å². The van der Waals surface area contributed by atoms with Gasteiger partial charge in [0, 0.05) is 17.8 Å². The van der Waals surface area contributed by atoms with E-state index in [9.17, 15) is 10.1 Å². The maximum absolute atomic E-state index is 11.0. The molecule has 0 bridgehead atoms. The van der Waals surface area contributed by atoms with E-state index in [1.54, 1.807) is 19.1 Å². The molecular formula is C11H10BrN5O3. The fraction of sp³-hybridized carbons (Fsp3) is 0.0909. The fourth-order valence-electron chi connectivity index (χ4n) is 1.44. The molecule has 2 rings (SSSR count). The first-order valence-electron chi connectivity index (χ1n) is 5.44. The third-order valence-corrected chi connectivity index (χ3v) is 3.02. The number of anilines is 1. The monoisotopic (exact) mass is 339 g/mol. The number of benzene rings is 1. The Kier molecular flexibility index (Phi) is 4.11. The number of hydrogen-bond donors (Lipinski definition) is 2. The molecule has 0 fully saturated rings. The van der Waals surface area contributed by atoms with Crippen LogP contribution < -0.4 is 16.0 Å². The quantitative estimate of drug-likeness (QED) is 0.499. The van der Waals surface area contributed by atoms with Crippen molar-refractivity contribution >= 4 is 27.6 Å². The Balaban J connectivity index is 2.47. The lowest BCUT2D eigenvalue weighted by Gasteiger charge is -2.10. The maximum atomic E-state index is 11.0. The van der Waals surface area contributed by atoms with Crippen molar-refractivity contribution in [3.63, 3.8) is 0 Å². The van der Waals surface area contributed by atoms with E-state index >= 15 is 0 Å². The number of hydrazine groups is 1. The molecule has 1 aromatic heterocycles. The molecule has 0 saturated heterocycles. The molecule has 0 atom stereocenters. The van der Waals surface area contributed by atoms with Gasteiger partial charge in [-0.25, -0.2) is 10.8 Å². The number of aryl methyl sites for hydroxylation is 1. The van der Waals surface area contributed by atoms with Crippen molar-refractivity contribution in [1.82, 2.24) is 9.97 Å². The van der Waals surface area contributed by atoms with Crippen LogP contribution in [0.4, 0.5) is 11.6 Å². The summed E-state index contributed by atoms with van der Waals surface area (Å²) in [5.41, 5.74) is 2.74. The summed E-state index contributed by atoms with van der Waals surface area (Å²) in [6.07, 6.45) is 1.50. The Labute approximate surface area is 122 Å². The van der Waals surface area contributed by atoms with Crippen molar-refractivity contribution < 1.29 is 9.66 Å². The van der Waals surface area contributed by atoms with E-state index in [4.69, 9.17) is 10.6 Å². The van der Waals surface area contributed by atoms with E-state index in [-0.39, 0.29) is 23.3 Å². The highest BCUT2D eigenvalue weighted by atomic mass is 79.9. The highest BCUT2D eigenvalue weighted by molar-refractivity contribution is 9.10. The largest absolute Gasteiger partial charge is 0.430 e. The van der Waals surface area contributed by atoms with Crippen LogP contribution in [0.25, 0.3) is 0 Å². The van der Waals surface area contributed by atoms with Crippen molar-refractivity contribution in [3.8, 4) is 11.6 Å². The molecule has 0 aliphatic heterocycles. The van der Waals surface area contributed by atoms with E-state index in [0.29, 0.717) is 10.0 Å². The second kappa shape index (κ2) is 5.80. The van der Waals surface area contributed by atoms with Crippen LogP contribution in [0.15, 0.2) is 28.9 Å². The van der Waals surface area contributed by atoms with Gasteiger partial charge in [0.05, 0.1) is 9.40 Å². The Morgan fingerprint density at radius 2 is 2.25 bits per heavy atom. The normalized spacial score (nSPS) is 10.2. The third-order valence-electron chi connectivity index (χ3n) is 2.40. The van der Waals surface area contributed by atoms with E-state index < -0.39 is 4.92 Å². The first kappa shape index (κ1) is 14.2. The molecule has 9 heteroatoms. The van der Waals surface area contributed by atoms with Crippen LogP contribution in [0.3, 0.4) is 0 Å². The summed E-state index contributed by atoms with van der Waals surface area (Å²) < 4.78 is 5.99. The molecule has 8 nitrogen and oxygen atoms in total. The molecule has 0 aliphatic rings. The fourth-order valence-corrected chi connectivity index (χ4v) is 1.87. The molecule has 1 aromatic carbocycles. The van der Waals surface area contributed by atoms with Gasteiger partial charge in [0.2, 0.25) is 17.6 Å². The minimum atomic E-state index is -0.529. The Hall–Kier alpha value is -2.26. The molecule has 104 valence electrons. The lowest BCUT2D eigenvalue weighted by Crippen LogP contribution is -2.11. The van der Waals surface area contributed by atoms with Gasteiger partial charge in [-0.3, -0.25) is 15.5 Å². The molecule has 0 amide bonds. The molecule has 0 saturated carbocycles. The van der Waals surface area contributed by atoms with Crippen LogP contribution in [0.2, 0.25) is 0 Å². The lowest BCUT2D eigenvalue weighted by atomic mass is 10.3. The highest BCUT2D eigenvalue weighted by Crippen LogP contribution is 2.38. The number of nitrogens with two attached hydrogens (primary N) is 1. The first-order chi connectivity index (χ1) is 9.52. The minimum Gasteiger partial charge on any atom is -0.430 e. The standard InChI is InChI=1S/C11H10BrN5O3/c1-6-5-14-11(16-13)15-10(6)20-9-7(12)3-2-4-8(9)17(18)19/h2-5H,13H2,1H3,(H,14,15,16). The molecule has 0 unspecified atom stereocenters. The van der Waals surface area contributed by atoms with Crippen molar-refractivity contribution in [1.29, 1.82) is 0 Å². The van der Waals surface area contributed by atoms with Crippen LogP contribution >= 0.6 is 15.9 Å². The molecule has 3 N–H and O–H groups in total. The van der Waals surface area contributed by atoms with Gasteiger partial charge in [0.1, 0.15) is 0 Å². The number of rotatable bonds is 4. The first-order valence-corrected chi connectivity index (χ1v) is 6.23. The Bertz CT molecular complexity index is 665. The average Bonchev–Trinajstić information content (AvgIpc) is 2.43. The summed E-state index contributed by atoms with van der Waals surface area (Å²) in [6, 6.07) is 4.54. The van der Waals surface area contributed by atoms with Crippen molar-refractivity contribution in [2.24, 2.45) is 5.84 Å². The van der Waals surface area contributed by atoms with Crippen molar-refractivity contribution in [2.75, 3.05) is 5.43 Å². The van der Waals surface area contributed by atoms with Crippen LogP contribution in [-0.2, 0) is 0 Å². The number of nitrogen functional groups attached to an aromatic ring is 1. The van der Waals surface area contributed by atoms with Gasteiger partial charge in [-0.15, -0.1) is 0 Å². The van der Waals surface area contributed by atoms with Gasteiger partial charge in [0.15, 0.2) is 0 Å².